The number of aliphatic hydroxyl groups is 1. The number of nitrogens with zero attached hydrogens (tertiary/aromatic N) is 1. The van der Waals surface area contributed by atoms with Crippen LogP contribution < -0.4 is 21.7 Å². The van der Waals surface area contributed by atoms with Gasteiger partial charge in [-0.05, 0) is 36.6 Å². The molecule has 0 aromatic heterocycles. The molecule has 6 rings (SSSR count). The first kappa shape index (κ1) is 17.7. The number of aromatic hydroxyl groups is 1. The molecule has 0 amide bonds. The van der Waals surface area contributed by atoms with Crippen molar-refractivity contribution in [2.45, 2.75) is 48.8 Å². The summed E-state index contributed by atoms with van der Waals surface area (Å²) in [5, 5.41) is 22.4. The summed E-state index contributed by atoms with van der Waals surface area (Å²) in [5.41, 5.74) is 0.140. The lowest BCUT2D eigenvalue weighted by atomic mass is 9.50. The number of hydrogen-bond acceptors (Lipinski definition) is 4. The Labute approximate surface area is 169 Å². The van der Waals surface area contributed by atoms with Crippen molar-refractivity contribution in [2.24, 2.45) is 5.92 Å². The van der Waals surface area contributed by atoms with Crippen LogP contribution in [0.1, 0.15) is 30.4 Å². The van der Waals surface area contributed by atoms with E-state index in [4.69, 9.17) is 4.74 Å². The van der Waals surface area contributed by atoms with Crippen molar-refractivity contribution < 1.29 is 41.2 Å². The highest BCUT2D eigenvalue weighted by Gasteiger charge is 2.75. The Balaban J connectivity index is 0.00000160. The molecule has 5 atom stereocenters. The molecule has 2 heterocycles. The normalized spacial score (nSPS) is 43.0. The average Bonchev–Trinajstić information content (AvgIpc) is 3.32. The predicted octanol–water partition coefficient (Wildman–Crippen LogP) is -1.55. The molecule has 0 radical (unpaired) electrons. The highest BCUT2D eigenvalue weighted by Crippen LogP contribution is 2.64. The van der Waals surface area contributed by atoms with Gasteiger partial charge in [-0.25, -0.2) is 0 Å². The second kappa shape index (κ2) is 5.16. The SMILES string of the molecule is C[N@+]1(CC2CC2)CC[C@]23c4c5ccc(O)c4O[C@H]2C(=O)C=C[C@@]3(O)[C@H]1C5.[Br-]. The van der Waals surface area contributed by atoms with Gasteiger partial charge in [0.25, 0.3) is 0 Å². The first-order chi connectivity index (χ1) is 12.4. The van der Waals surface area contributed by atoms with E-state index < -0.39 is 17.1 Å². The molecule has 144 valence electrons. The predicted molar refractivity (Wildman–Crippen MR) is 94.0 cm³/mol. The summed E-state index contributed by atoms with van der Waals surface area (Å²) in [6.45, 7) is 2.02. The number of phenols is 1. The molecule has 2 aliphatic heterocycles. The highest BCUT2D eigenvalue weighted by molar-refractivity contribution is 5.98. The average molecular weight is 434 g/mol. The van der Waals surface area contributed by atoms with Gasteiger partial charge in [0.05, 0.1) is 25.6 Å². The molecule has 2 bridgehead atoms. The van der Waals surface area contributed by atoms with Crippen LogP contribution in [0, 0.1) is 5.92 Å². The molecule has 1 spiro atoms. The van der Waals surface area contributed by atoms with Crippen molar-refractivity contribution in [3.8, 4) is 11.5 Å². The number of rotatable bonds is 2. The molecule has 0 unspecified atom stereocenters. The van der Waals surface area contributed by atoms with Crippen LogP contribution in [0.5, 0.6) is 11.5 Å². The third kappa shape index (κ3) is 1.89. The molecule has 1 aromatic carbocycles. The summed E-state index contributed by atoms with van der Waals surface area (Å²) in [4.78, 5) is 12.7. The van der Waals surface area contributed by atoms with Gasteiger partial charge in [-0.1, -0.05) is 6.07 Å². The summed E-state index contributed by atoms with van der Waals surface area (Å²) in [7, 11) is 2.27. The smallest absolute Gasteiger partial charge is 0.197 e. The third-order valence-electron chi connectivity index (χ3n) is 7.89. The van der Waals surface area contributed by atoms with Gasteiger partial charge in [-0.2, -0.15) is 0 Å². The molecule has 5 nitrogen and oxygen atoms in total. The maximum absolute atomic E-state index is 12.7. The first-order valence-corrected chi connectivity index (χ1v) is 9.71. The highest BCUT2D eigenvalue weighted by atomic mass is 79.9. The molecule has 6 heteroatoms. The van der Waals surface area contributed by atoms with E-state index in [1.807, 2.05) is 6.07 Å². The van der Waals surface area contributed by atoms with Crippen molar-refractivity contribution in [3.05, 3.63) is 35.4 Å². The van der Waals surface area contributed by atoms with Gasteiger partial charge >= 0.3 is 0 Å². The number of carbonyl (C=O) groups excluding carboxylic acids is 1. The lowest BCUT2D eigenvalue weighted by molar-refractivity contribution is -0.949. The fourth-order valence-electron chi connectivity index (χ4n) is 6.52. The zero-order valence-corrected chi connectivity index (χ0v) is 16.9. The molecule has 1 saturated carbocycles. The van der Waals surface area contributed by atoms with Gasteiger partial charge in [0, 0.05) is 24.3 Å². The van der Waals surface area contributed by atoms with Crippen molar-refractivity contribution >= 4 is 5.78 Å². The van der Waals surface area contributed by atoms with E-state index in [0.717, 1.165) is 41.0 Å². The summed E-state index contributed by atoms with van der Waals surface area (Å²) < 4.78 is 6.88. The van der Waals surface area contributed by atoms with Gasteiger partial charge in [0.1, 0.15) is 11.6 Å². The Morgan fingerprint density at radius 1 is 1.33 bits per heavy atom. The van der Waals surface area contributed by atoms with Crippen molar-refractivity contribution in [3.63, 3.8) is 0 Å². The Hall–Kier alpha value is -1.37. The van der Waals surface area contributed by atoms with Crippen LogP contribution in [-0.2, 0) is 16.6 Å². The molecule has 1 aromatic rings. The fourth-order valence-corrected chi connectivity index (χ4v) is 6.52. The zero-order chi connectivity index (χ0) is 17.9. The summed E-state index contributed by atoms with van der Waals surface area (Å²) in [6.07, 6.45) is 6.57. The number of ketones is 1. The molecule has 2 fully saturated rings. The van der Waals surface area contributed by atoms with Crippen LogP contribution in [0.25, 0.3) is 0 Å². The number of benzene rings is 1. The van der Waals surface area contributed by atoms with Gasteiger partial charge in [0.15, 0.2) is 23.4 Å². The van der Waals surface area contributed by atoms with Gasteiger partial charge in [-0.15, -0.1) is 0 Å². The van der Waals surface area contributed by atoms with E-state index in [9.17, 15) is 15.0 Å². The standard InChI is InChI=1S/C21H23NO4.BrH/c1-22(11-12-2-3-12)9-8-20-17-13-4-5-14(23)18(17)26-19(20)15(24)6-7-21(20,25)16(22)10-13;/h4-7,12,16,19,25H,2-3,8-11H2,1H3;1H/t16-,19+,20+,21-,22-;/m1./s1. The number of halogens is 1. The van der Waals surface area contributed by atoms with Gasteiger partial charge < -0.3 is 36.4 Å². The molecule has 27 heavy (non-hydrogen) atoms. The monoisotopic (exact) mass is 433 g/mol. The number of likely N-dealkylation sites (N-methyl/N-ethyl adjacent to an activating group) is 1. The Bertz CT molecular complexity index is 896. The summed E-state index contributed by atoms with van der Waals surface area (Å²) in [6, 6.07) is 3.64. The van der Waals surface area contributed by atoms with Crippen LogP contribution >= 0.6 is 0 Å². The van der Waals surface area contributed by atoms with E-state index in [2.05, 4.69) is 7.05 Å². The number of likely N-dealkylation sites (tertiary alicyclic amines) is 1. The number of phenolic OH excluding ortho intramolecular Hbond substituents is 1. The molecular weight excluding hydrogens is 410 g/mol. The largest absolute Gasteiger partial charge is 1.00 e. The van der Waals surface area contributed by atoms with Crippen LogP contribution in [0.3, 0.4) is 0 Å². The molecule has 2 N–H and O–H groups in total. The quantitative estimate of drug-likeness (QED) is 0.554. The van der Waals surface area contributed by atoms with Crippen LogP contribution in [0.4, 0.5) is 0 Å². The zero-order valence-electron chi connectivity index (χ0n) is 15.3. The van der Waals surface area contributed by atoms with Crippen molar-refractivity contribution in [1.29, 1.82) is 0 Å². The number of ether oxygens (including phenoxy) is 1. The molecule has 1 saturated heterocycles. The Morgan fingerprint density at radius 2 is 2.11 bits per heavy atom. The second-order valence-corrected chi connectivity index (χ2v) is 9.28. The molecule has 3 aliphatic carbocycles. The van der Waals surface area contributed by atoms with Crippen molar-refractivity contribution in [2.75, 3.05) is 20.1 Å². The Kier molecular flexibility index (Phi) is 3.38. The minimum absolute atomic E-state index is 0. The minimum Gasteiger partial charge on any atom is -1.00 e. The molecule has 5 aliphatic rings. The Morgan fingerprint density at radius 3 is 2.85 bits per heavy atom. The summed E-state index contributed by atoms with van der Waals surface area (Å²) in [5.74, 6) is 1.15. The topological polar surface area (TPSA) is 66.8 Å². The molecular formula is C21H24BrNO4. The number of piperidine rings is 1. The second-order valence-electron chi connectivity index (χ2n) is 9.28. The van der Waals surface area contributed by atoms with E-state index in [-0.39, 0.29) is 34.6 Å². The first-order valence-electron chi connectivity index (χ1n) is 9.71. The maximum atomic E-state index is 12.7. The van der Waals surface area contributed by atoms with Crippen molar-refractivity contribution in [1.82, 2.24) is 0 Å². The number of carbonyl (C=O) groups is 1. The number of quaternary nitrogens is 1. The van der Waals surface area contributed by atoms with Gasteiger partial charge in [0.2, 0.25) is 0 Å². The van der Waals surface area contributed by atoms with Crippen LogP contribution in [-0.4, -0.2) is 58.4 Å². The lowest BCUT2D eigenvalue weighted by Crippen LogP contribution is -3.00. The fraction of sp³-hybridized carbons (Fsp3) is 0.571. The van der Waals surface area contributed by atoms with Gasteiger partial charge in [-0.3, -0.25) is 4.79 Å². The van der Waals surface area contributed by atoms with Crippen LogP contribution in [0.15, 0.2) is 24.3 Å². The van der Waals surface area contributed by atoms with Crippen LogP contribution in [0.2, 0.25) is 0 Å². The maximum Gasteiger partial charge on any atom is 0.197 e. The minimum atomic E-state index is -1.11. The number of hydrogen-bond donors (Lipinski definition) is 2. The lowest BCUT2D eigenvalue weighted by Gasteiger charge is -2.62. The van der Waals surface area contributed by atoms with E-state index in [1.165, 1.54) is 18.9 Å². The van der Waals surface area contributed by atoms with E-state index in [1.54, 1.807) is 12.1 Å². The summed E-state index contributed by atoms with van der Waals surface area (Å²) >= 11 is 0. The van der Waals surface area contributed by atoms with E-state index in [0.29, 0.717) is 12.2 Å². The van der Waals surface area contributed by atoms with E-state index >= 15 is 0 Å². The third-order valence-corrected chi connectivity index (χ3v) is 7.89.